The lowest BCUT2D eigenvalue weighted by molar-refractivity contribution is 0.551. The number of nitrogens with one attached hydrogen (secondary N) is 1. The third-order valence-electron chi connectivity index (χ3n) is 2.64. The molecule has 0 heterocycles. The van der Waals surface area contributed by atoms with Crippen LogP contribution in [0, 0.1) is 11.3 Å². The molecule has 0 saturated heterocycles. The average molecular weight is 266 g/mol. The molecule has 1 N–H and O–H groups in total. The molecule has 1 rings (SSSR count). The Labute approximate surface area is 109 Å². The molecule has 0 saturated carbocycles. The quantitative estimate of drug-likeness (QED) is 0.854. The smallest absolute Gasteiger partial charge is 0.211 e. The van der Waals surface area contributed by atoms with Crippen molar-refractivity contribution in [1.82, 2.24) is 4.72 Å². The third kappa shape index (κ3) is 4.13. The Morgan fingerprint density at radius 2 is 1.94 bits per heavy atom. The van der Waals surface area contributed by atoms with Crippen molar-refractivity contribution in [3.63, 3.8) is 0 Å². The maximum absolute atomic E-state index is 11.9. The van der Waals surface area contributed by atoms with Gasteiger partial charge in [-0.2, -0.15) is 5.26 Å². The van der Waals surface area contributed by atoms with Gasteiger partial charge >= 0.3 is 0 Å². The second kappa shape index (κ2) is 6.53. The van der Waals surface area contributed by atoms with Gasteiger partial charge in [0.1, 0.15) is 0 Å². The fourth-order valence-electron chi connectivity index (χ4n) is 1.75. The minimum atomic E-state index is -3.55. The first kappa shape index (κ1) is 14.7. The summed E-state index contributed by atoms with van der Waals surface area (Å²) in [6.07, 6.45) is 0.909. The van der Waals surface area contributed by atoms with Gasteiger partial charge in [-0.1, -0.05) is 37.3 Å². The summed E-state index contributed by atoms with van der Waals surface area (Å²) in [6.45, 7) is 3.49. The second-order valence-electron chi connectivity index (χ2n) is 4.28. The van der Waals surface area contributed by atoms with E-state index in [0.29, 0.717) is 12.8 Å². The number of hydrogen-bond donors (Lipinski definition) is 1. The van der Waals surface area contributed by atoms with E-state index in [1.165, 1.54) is 0 Å². The van der Waals surface area contributed by atoms with Gasteiger partial charge in [0.2, 0.25) is 10.0 Å². The number of nitriles is 1. The van der Waals surface area contributed by atoms with Crippen LogP contribution < -0.4 is 4.72 Å². The van der Waals surface area contributed by atoms with Crippen LogP contribution in [0.4, 0.5) is 0 Å². The first-order valence-electron chi connectivity index (χ1n) is 5.94. The zero-order valence-electron chi connectivity index (χ0n) is 10.6. The first-order valence-corrected chi connectivity index (χ1v) is 7.49. The normalized spacial score (nSPS) is 14.7. The molecule has 1 aromatic carbocycles. The van der Waals surface area contributed by atoms with E-state index < -0.39 is 15.3 Å². The molecule has 2 unspecified atom stereocenters. The van der Waals surface area contributed by atoms with Crippen LogP contribution in [0.1, 0.15) is 25.8 Å². The highest BCUT2D eigenvalue weighted by Gasteiger charge is 2.24. The standard InChI is InChI=1S/C13H18N2O2S/c1-3-13(10-14)18(16,17)15-11(2)9-12-7-5-4-6-8-12/h4-8,11,13,15H,3,9H2,1-2H3. The number of sulfonamides is 1. The summed E-state index contributed by atoms with van der Waals surface area (Å²) >= 11 is 0. The average Bonchev–Trinajstić information content (AvgIpc) is 2.30. The van der Waals surface area contributed by atoms with E-state index in [9.17, 15) is 8.42 Å². The van der Waals surface area contributed by atoms with Crippen molar-refractivity contribution in [2.75, 3.05) is 0 Å². The van der Waals surface area contributed by atoms with Gasteiger partial charge in [0.25, 0.3) is 0 Å². The predicted molar refractivity (Wildman–Crippen MR) is 71.4 cm³/mol. The summed E-state index contributed by atoms with van der Waals surface area (Å²) in [7, 11) is -3.55. The van der Waals surface area contributed by atoms with Crippen LogP contribution in [0.3, 0.4) is 0 Å². The molecule has 2 atom stereocenters. The minimum Gasteiger partial charge on any atom is -0.211 e. The second-order valence-corrected chi connectivity index (χ2v) is 6.17. The van der Waals surface area contributed by atoms with Gasteiger partial charge in [-0.15, -0.1) is 0 Å². The van der Waals surface area contributed by atoms with Crippen molar-refractivity contribution in [3.8, 4) is 6.07 Å². The highest BCUT2D eigenvalue weighted by Crippen LogP contribution is 2.07. The summed E-state index contributed by atoms with van der Waals surface area (Å²) in [5.74, 6) is 0. The van der Waals surface area contributed by atoms with Crippen molar-refractivity contribution >= 4 is 10.0 Å². The van der Waals surface area contributed by atoms with Gasteiger partial charge in [0.15, 0.2) is 5.25 Å². The minimum absolute atomic E-state index is 0.222. The summed E-state index contributed by atoms with van der Waals surface area (Å²) in [5.41, 5.74) is 1.07. The molecular weight excluding hydrogens is 248 g/mol. The number of nitrogens with zero attached hydrogens (tertiary/aromatic N) is 1. The van der Waals surface area contributed by atoms with Crippen LogP contribution in [-0.4, -0.2) is 19.7 Å². The van der Waals surface area contributed by atoms with E-state index in [0.717, 1.165) is 5.56 Å². The Kier molecular flexibility index (Phi) is 5.32. The number of hydrogen-bond acceptors (Lipinski definition) is 3. The van der Waals surface area contributed by atoms with Crippen LogP contribution in [-0.2, 0) is 16.4 Å². The Bertz CT molecular complexity index is 506. The molecule has 0 aromatic heterocycles. The Morgan fingerprint density at radius 3 is 2.44 bits per heavy atom. The molecule has 0 aliphatic rings. The first-order chi connectivity index (χ1) is 8.49. The number of benzene rings is 1. The van der Waals surface area contributed by atoms with Crippen LogP contribution in [0.5, 0.6) is 0 Å². The molecule has 5 heteroatoms. The lowest BCUT2D eigenvalue weighted by Gasteiger charge is -2.16. The maximum Gasteiger partial charge on any atom is 0.228 e. The van der Waals surface area contributed by atoms with Crippen molar-refractivity contribution in [2.45, 2.75) is 38.0 Å². The van der Waals surface area contributed by atoms with Gasteiger partial charge in [-0.3, -0.25) is 0 Å². The molecule has 1 aromatic rings. The molecule has 18 heavy (non-hydrogen) atoms. The van der Waals surface area contributed by atoms with Crippen LogP contribution >= 0.6 is 0 Å². The lowest BCUT2D eigenvalue weighted by atomic mass is 10.1. The van der Waals surface area contributed by atoms with E-state index in [2.05, 4.69) is 4.72 Å². The highest BCUT2D eigenvalue weighted by molar-refractivity contribution is 7.90. The molecule has 0 aliphatic heterocycles. The third-order valence-corrected chi connectivity index (χ3v) is 4.56. The van der Waals surface area contributed by atoms with Gasteiger partial charge in [0.05, 0.1) is 6.07 Å². The molecule has 4 nitrogen and oxygen atoms in total. The van der Waals surface area contributed by atoms with Crippen molar-refractivity contribution in [2.24, 2.45) is 0 Å². The zero-order chi connectivity index (χ0) is 13.6. The van der Waals surface area contributed by atoms with E-state index in [-0.39, 0.29) is 6.04 Å². The molecule has 0 aliphatic carbocycles. The predicted octanol–water partition coefficient (Wildman–Crippen LogP) is 1.84. The zero-order valence-corrected chi connectivity index (χ0v) is 11.4. The van der Waals surface area contributed by atoms with Crippen molar-refractivity contribution in [3.05, 3.63) is 35.9 Å². The molecule has 0 spiro atoms. The van der Waals surface area contributed by atoms with Crippen LogP contribution in [0.15, 0.2) is 30.3 Å². The molecule has 0 fully saturated rings. The van der Waals surface area contributed by atoms with Crippen LogP contribution in [0.25, 0.3) is 0 Å². The maximum atomic E-state index is 11.9. The summed E-state index contributed by atoms with van der Waals surface area (Å²) < 4.78 is 26.3. The fraction of sp³-hybridized carbons (Fsp3) is 0.462. The number of rotatable bonds is 6. The monoisotopic (exact) mass is 266 g/mol. The van der Waals surface area contributed by atoms with Crippen molar-refractivity contribution in [1.29, 1.82) is 5.26 Å². The Balaban J connectivity index is 2.66. The van der Waals surface area contributed by atoms with Gasteiger partial charge in [-0.25, -0.2) is 13.1 Å². The fourth-order valence-corrected chi connectivity index (χ4v) is 3.14. The van der Waals surface area contributed by atoms with Gasteiger partial charge in [-0.05, 0) is 25.3 Å². The molecule has 0 radical (unpaired) electrons. The molecule has 98 valence electrons. The summed E-state index contributed by atoms with van der Waals surface area (Å²) in [6, 6.07) is 11.2. The van der Waals surface area contributed by atoms with E-state index in [1.807, 2.05) is 36.4 Å². The Hall–Kier alpha value is -1.38. The Morgan fingerprint density at radius 1 is 1.33 bits per heavy atom. The lowest BCUT2D eigenvalue weighted by Crippen LogP contribution is -2.39. The summed E-state index contributed by atoms with van der Waals surface area (Å²) in [5, 5.41) is 7.82. The van der Waals surface area contributed by atoms with Gasteiger partial charge < -0.3 is 0 Å². The van der Waals surface area contributed by atoms with Gasteiger partial charge in [0, 0.05) is 6.04 Å². The molecule has 0 bridgehead atoms. The topological polar surface area (TPSA) is 70.0 Å². The highest BCUT2D eigenvalue weighted by atomic mass is 32.2. The van der Waals surface area contributed by atoms with E-state index in [1.54, 1.807) is 13.8 Å². The van der Waals surface area contributed by atoms with E-state index in [4.69, 9.17) is 5.26 Å². The van der Waals surface area contributed by atoms with E-state index >= 15 is 0 Å². The van der Waals surface area contributed by atoms with Crippen LogP contribution in [0.2, 0.25) is 0 Å². The largest absolute Gasteiger partial charge is 0.228 e. The molecule has 0 amide bonds. The summed E-state index contributed by atoms with van der Waals surface area (Å²) in [4.78, 5) is 0. The SMILES string of the molecule is CCC(C#N)S(=O)(=O)NC(C)Cc1ccccc1. The molecular formula is C13H18N2O2S. The van der Waals surface area contributed by atoms with Crippen molar-refractivity contribution < 1.29 is 8.42 Å².